The maximum absolute atomic E-state index is 12.1. The van der Waals surface area contributed by atoms with Gasteiger partial charge in [0.2, 0.25) is 5.91 Å². The molecule has 0 aliphatic carbocycles. The van der Waals surface area contributed by atoms with Crippen molar-refractivity contribution in [2.75, 3.05) is 26.2 Å². The van der Waals surface area contributed by atoms with Crippen LogP contribution in [0.3, 0.4) is 0 Å². The van der Waals surface area contributed by atoms with Crippen molar-refractivity contribution in [1.82, 2.24) is 9.80 Å². The number of hydrogen-bond acceptors (Lipinski definition) is 3. The zero-order valence-electron chi connectivity index (χ0n) is 9.84. The van der Waals surface area contributed by atoms with Crippen LogP contribution >= 0.6 is 0 Å². The lowest BCUT2D eigenvalue weighted by Gasteiger charge is -2.31. The van der Waals surface area contributed by atoms with E-state index in [1.165, 1.54) is 4.90 Å². The number of amides is 2. The number of nitrogens with two attached hydrogens (primary N) is 1. The van der Waals surface area contributed by atoms with Crippen LogP contribution in [-0.4, -0.2) is 59.1 Å². The predicted octanol–water partition coefficient (Wildman–Crippen LogP) is -0.0640. The van der Waals surface area contributed by atoms with Gasteiger partial charge in [0.25, 0.3) is 0 Å². The van der Waals surface area contributed by atoms with Gasteiger partial charge in [0.05, 0.1) is 0 Å². The number of piperidine rings is 1. The monoisotopic (exact) mass is 241 g/mol. The Hall–Kier alpha value is -1.30. The SMILES string of the molecule is NC1CCN(C(=O)C2CCN(C(=O)O)CC2)C1. The van der Waals surface area contributed by atoms with Crippen molar-refractivity contribution in [2.24, 2.45) is 11.7 Å². The second kappa shape index (κ2) is 4.91. The highest BCUT2D eigenvalue weighted by molar-refractivity contribution is 5.79. The summed E-state index contributed by atoms with van der Waals surface area (Å²) in [6.07, 6.45) is 1.26. The van der Waals surface area contributed by atoms with Crippen molar-refractivity contribution in [3.63, 3.8) is 0 Å². The van der Waals surface area contributed by atoms with Gasteiger partial charge in [-0.3, -0.25) is 4.79 Å². The second-order valence-electron chi connectivity index (χ2n) is 4.88. The molecule has 6 heteroatoms. The highest BCUT2D eigenvalue weighted by Gasteiger charge is 2.32. The van der Waals surface area contributed by atoms with Crippen LogP contribution in [0.15, 0.2) is 0 Å². The average molecular weight is 241 g/mol. The van der Waals surface area contributed by atoms with E-state index in [1.807, 2.05) is 4.90 Å². The van der Waals surface area contributed by atoms with Crippen molar-refractivity contribution in [2.45, 2.75) is 25.3 Å². The molecule has 96 valence electrons. The maximum Gasteiger partial charge on any atom is 0.407 e. The third kappa shape index (κ3) is 2.69. The summed E-state index contributed by atoms with van der Waals surface area (Å²) in [4.78, 5) is 26.1. The lowest BCUT2D eigenvalue weighted by Crippen LogP contribution is -2.43. The molecule has 0 aromatic rings. The minimum absolute atomic E-state index is 0.0177. The van der Waals surface area contributed by atoms with Crippen LogP contribution in [0.1, 0.15) is 19.3 Å². The van der Waals surface area contributed by atoms with Gasteiger partial charge in [0, 0.05) is 38.1 Å². The third-order valence-corrected chi connectivity index (χ3v) is 3.65. The van der Waals surface area contributed by atoms with Crippen LogP contribution in [0.5, 0.6) is 0 Å². The molecule has 2 saturated heterocycles. The van der Waals surface area contributed by atoms with Gasteiger partial charge in [-0.15, -0.1) is 0 Å². The molecule has 0 aromatic carbocycles. The first-order valence-electron chi connectivity index (χ1n) is 6.10. The Labute approximate surface area is 100 Å². The Morgan fingerprint density at radius 2 is 1.65 bits per heavy atom. The highest BCUT2D eigenvalue weighted by atomic mass is 16.4. The Morgan fingerprint density at radius 1 is 1.06 bits per heavy atom. The third-order valence-electron chi connectivity index (χ3n) is 3.65. The van der Waals surface area contributed by atoms with E-state index in [2.05, 4.69) is 0 Å². The van der Waals surface area contributed by atoms with Crippen molar-refractivity contribution < 1.29 is 14.7 Å². The first-order valence-corrected chi connectivity index (χ1v) is 6.10. The minimum Gasteiger partial charge on any atom is -0.465 e. The number of nitrogens with zero attached hydrogens (tertiary/aromatic N) is 2. The van der Waals surface area contributed by atoms with E-state index in [0.29, 0.717) is 32.5 Å². The lowest BCUT2D eigenvalue weighted by molar-refractivity contribution is -0.135. The molecule has 2 aliphatic rings. The summed E-state index contributed by atoms with van der Waals surface area (Å²) in [6, 6.07) is 0.109. The summed E-state index contributed by atoms with van der Waals surface area (Å²) in [5, 5.41) is 8.82. The lowest BCUT2D eigenvalue weighted by atomic mass is 9.95. The molecule has 1 unspecified atom stereocenters. The van der Waals surface area contributed by atoms with E-state index in [0.717, 1.165) is 13.0 Å². The summed E-state index contributed by atoms with van der Waals surface area (Å²) in [7, 11) is 0. The first-order chi connectivity index (χ1) is 8.08. The number of likely N-dealkylation sites (tertiary alicyclic amines) is 2. The van der Waals surface area contributed by atoms with Crippen LogP contribution < -0.4 is 5.73 Å². The van der Waals surface area contributed by atoms with Gasteiger partial charge in [0.15, 0.2) is 0 Å². The van der Waals surface area contributed by atoms with E-state index in [1.54, 1.807) is 0 Å². The number of hydrogen-bond donors (Lipinski definition) is 2. The minimum atomic E-state index is -0.890. The van der Waals surface area contributed by atoms with E-state index in [9.17, 15) is 9.59 Å². The zero-order chi connectivity index (χ0) is 12.4. The van der Waals surface area contributed by atoms with Crippen LogP contribution in [-0.2, 0) is 4.79 Å². The molecule has 2 aliphatic heterocycles. The molecular weight excluding hydrogens is 222 g/mol. The Kier molecular flexibility index (Phi) is 3.51. The van der Waals surface area contributed by atoms with Gasteiger partial charge in [-0.25, -0.2) is 4.79 Å². The summed E-state index contributed by atoms with van der Waals surface area (Å²) in [5.41, 5.74) is 5.77. The number of carbonyl (C=O) groups excluding carboxylic acids is 1. The molecule has 0 spiro atoms. The van der Waals surface area contributed by atoms with E-state index in [-0.39, 0.29) is 17.9 Å². The molecule has 3 N–H and O–H groups in total. The fourth-order valence-electron chi connectivity index (χ4n) is 2.56. The molecule has 2 rings (SSSR count). The molecule has 1 atom stereocenters. The molecule has 6 nitrogen and oxygen atoms in total. The molecule has 2 amide bonds. The Balaban J connectivity index is 1.84. The Bertz CT molecular complexity index is 313. The number of rotatable bonds is 1. The fraction of sp³-hybridized carbons (Fsp3) is 0.818. The molecule has 0 radical (unpaired) electrons. The van der Waals surface area contributed by atoms with Gasteiger partial charge in [0.1, 0.15) is 0 Å². The van der Waals surface area contributed by atoms with Crippen molar-refractivity contribution in [1.29, 1.82) is 0 Å². The van der Waals surface area contributed by atoms with Crippen LogP contribution in [0.4, 0.5) is 4.79 Å². The van der Waals surface area contributed by atoms with Gasteiger partial charge < -0.3 is 20.6 Å². The fourth-order valence-corrected chi connectivity index (χ4v) is 2.56. The highest BCUT2D eigenvalue weighted by Crippen LogP contribution is 2.21. The van der Waals surface area contributed by atoms with E-state index < -0.39 is 6.09 Å². The Morgan fingerprint density at radius 3 is 2.12 bits per heavy atom. The maximum atomic E-state index is 12.1. The summed E-state index contributed by atoms with van der Waals surface area (Å²) in [6.45, 7) is 2.33. The topological polar surface area (TPSA) is 86.9 Å². The second-order valence-corrected chi connectivity index (χ2v) is 4.88. The van der Waals surface area contributed by atoms with Crippen LogP contribution in [0, 0.1) is 5.92 Å². The van der Waals surface area contributed by atoms with Gasteiger partial charge in [-0.2, -0.15) is 0 Å². The molecule has 2 heterocycles. The predicted molar refractivity (Wildman–Crippen MR) is 61.5 cm³/mol. The number of carboxylic acid groups (broad SMARTS) is 1. The number of carbonyl (C=O) groups is 2. The molecule has 17 heavy (non-hydrogen) atoms. The standard InChI is InChI=1S/C11H19N3O3/c12-9-3-6-14(7-9)10(15)8-1-4-13(5-2-8)11(16)17/h8-9H,1-7,12H2,(H,16,17). The molecule has 0 aromatic heterocycles. The molecular formula is C11H19N3O3. The molecule has 0 saturated carbocycles. The smallest absolute Gasteiger partial charge is 0.407 e. The van der Waals surface area contributed by atoms with Crippen molar-refractivity contribution in [3.8, 4) is 0 Å². The zero-order valence-corrected chi connectivity index (χ0v) is 9.84. The normalized spacial score (nSPS) is 26.3. The average Bonchev–Trinajstić information content (AvgIpc) is 2.75. The van der Waals surface area contributed by atoms with Gasteiger partial charge in [-0.05, 0) is 19.3 Å². The first kappa shape index (κ1) is 12.2. The van der Waals surface area contributed by atoms with Gasteiger partial charge >= 0.3 is 6.09 Å². The molecule has 2 fully saturated rings. The van der Waals surface area contributed by atoms with Crippen molar-refractivity contribution >= 4 is 12.0 Å². The summed E-state index contributed by atoms with van der Waals surface area (Å²) >= 11 is 0. The van der Waals surface area contributed by atoms with Gasteiger partial charge in [-0.1, -0.05) is 0 Å². The van der Waals surface area contributed by atoms with Crippen molar-refractivity contribution in [3.05, 3.63) is 0 Å². The van der Waals surface area contributed by atoms with Crippen LogP contribution in [0.25, 0.3) is 0 Å². The van der Waals surface area contributed by atoms with E-state index in [4.69, 9.17) is 10.8 Å². The quantitative estimate of drug-likeness (QED) is 0.673. The summed E-state index contributed by atoms with van der Waals surface area (Å²) < 4.78 is 0. The molecule has 0 bridgehead atoms. The van der Waals surface area contributed by atoms with E-state index >= 15 is 0 Å². The van der Waals surface area contributed by atoms with Crippen LogP contribution in [0.2, 0.25) is 0 Å². The summed E-state index contributed by atoms with van der Waals surface area (Å²) in [5.74, 6) is 0.138. The largest absolute Gasteiger partial charge is 0.465 e.